The summed E-state index contributed by atoms with van der Waals surface area (Å²) in [5.41, 5.74) is 0. The molecule has 0 saturated carbocycles. The van der Waals surface area contributed by atoms with Gasteiger partial charge in [0.2, 0.25) is 0 Å². The molecule has 5 heteroatoms. The lowest BCUT2D eigenvalue weighted by molar-refractivity contribution is -0.303. The first-order valence-electron chi connectivity index (χ1n) is 3.72. The van der Waals surface area contributed by atoms with E-state index in [9.17, 15) is 13.2 Å². The van der Waals surface area contributed by atoms with Gasteiger partial charge in [0.05, 0.1) is 0 Å². The maximum absolute atomic E-state index is 11.8. The Kier molecular flexibility index (Phi) is 5.45. The van der Waals surface area contributed by atoms with Crippen LogP contribution < -0.4 is 0 Å². The molecule has 0 N–H and O–H groups in total. The Balaban J connectivity index is 4.33. The molecule has 14 heavy (non-hydrogen) atoms. The Morgan fingerprint density at radius 3 is 2.29 bits per heavy atom. The van der Waals surface area contributed by atoms with Gasteiger partial charge in [-0.05, 0) is 36.3 Å². The topological polar surface area (TPSA) is 9.23 Å². The standard InChI is InChI=1S/C9H11F3OS/c1-4-8(13-9(10,11)12)6-5-7(2)14-3/h4-6H,2H2,1,3H3/b6-5-,8-4+. The van der Waals surface area contributed by atoms with Crippen molar-refractivity contribution in [1.82, 2.24) is 0 Å². The van der Waals surface area contributed by atoms with Gasteiger partial charge >= 0.3 is 6.36 Å². The molecular formula is C9H11F3OS. The Morgan fingerprint density at radius 1 is 1.36 bits per heavy atom. The fourth-order valence-corrected chi connectivity index (χ4v) is 0.770. The van der Waals surface area contributed by atoms with Crippen LogP contribution in [-0.4, -0.2) is 12.6 Å². The van der Waals surface area contributed by atoms with Crippen molar-refractivity contribution in [3.8, 4) is 0 Å². The van der Waals surface area contributed by atoms with E-state index in [0.717, 1.165) is 0 Å². The van der Waals surface area contributed by atoms with Gasteiger partial charge in [0.1, 0.15) is 5.76 Å². The van der Waals surface area contributed by atoms with Gasteiger partial charge in [-0.25, -0.2) is 0 Å². The fourth-order valence-electron chi connectivity index (χ4n) is 0.566. The Bertz CT molecular complexity index is 253. The summed E-state index contributed by atoms with van der Waals surface area (Å²) in [6.07, 6.45) is 1.06. The number of halogens is 3. The van der Waals surface area contributed by atoms with Gasteiger partial charge in [0.15, 0.2) is 0 Å². The third-order valence-corrected chi connectivity index (χ3v) is 1.87. The first-order valence-corrected chi connectivity index (χ1v) is 4.94. The van der Waals surface area contributed by atoms with E-state index < -0.39 is 6.36 Å². The van der Waals surface area contributed by atoms with E-state index in [0.29, 0.717) is 4.91 Å². The van der Waals surface area contributed by atoms with E-state index in [1.165, 1.54) is 36.9 Å². The molecule has 0 bridgehead atoms. The van der Waals surface area contributed by atoms with E-state index in [1.54, 1.807) is 6.26 Å². The van der Waals surface area contributed by atoms with Gasteiger partial charge < -0.3 is 4.74 Å². The molecule has 0 fully saturated rings. The highest BCUT2D eigenvalue weighted by molar-refractivity contribution is 8.02. The summed E-state index contributed by atoms with van der Waals surface area (Å²) in [5, 5.41) is 0. The summed E-state index contributed by atoms with van der Waals surface area (Å²) in [4.78, 5) is 0.662. The molecule has 0 aliphatic rings. The number of alkyl halides is 3. The van der Waals surface area contributed by atoms with Crippen molar-refractivity contribution < 1.29 is 17.9 Å². The zero-order valence-electron chi connectivity index (χ0n) is 7.89. The number of rotatable bonds is 4. The second-order valence-electron chi connectivity index (χ2n) is 2.24. The molecule has 0 aliphatic carbocycles. The van der Waals surface area contributed by atoms with Crippen molar-refractivity contribution in [2.75, 3.05) is 6.26 Å². The molecule has 0 unspecified atom stereocenters. The highest BCUT2D eigenvalue weighted by Crippen LogP contribution is 2.22. The van der Waals surface area contributed by atoms with Crippen molar-refractivity contribution in [1.29, 1.82) is 0 Å². The molecule has 80 valence electrons. The number of hydrogen-bond acceptors (Lipinski definition) is 2. The zero-order chi connectivity index (χ0) is 11.2. The van der Waals surface area contributed by atoms with Gasteiger partial charge in [-0.3, -0.25) is 0 Å². The molecule has 0 rings (SSSR count). The summed E-state index contributed by atoms with van der Waals surface area (Å²) in [7, 11) is 0. The zero-order valence-corrected chi connectivity index (χ0v) is 8.71. The third kappa shape index (κ3) is 6.65. The second-order valence-corrected chi connectivity index (χ2v) is 3.18. The van der Waals surface area contributed by atoms with Crippen LogP contribution in [-0.2, 0) is 4.74 Å². The average molecular weight is 224 g/mol. The van der Waals surface area contributed by atoms with Gasteiger partial charge in [-0.1, -0.05) is 6.58 Å². The minimum atomic E-state index is -4.65. The molecule has 0 heterocycles. The van der Waals surface area contributed by atoms with Gasteiger partial charge in [-0.15, -0.1) is 24.9 Å². The molecule has 0 amide bonds. The summed E-state index contributed by atoms with van der Waals surface area (Å²) >= 11 is 1.35. The summed E-state index contributed by atoms with van der Waals surface area (Å²) in [5.74, 6) is -0.243. The predicted octanol–water partition coefficient (Wildman–Crippen LogP) is 3.86. The molecule has 0 aromatic heterocycles. The largest absolute Gasteiger partial charge is 0.573 e. The molecule has 0 aromatic rings. The van der Waals surface area contributed by atoms with Crippen LogP contribution in [0.4, 0.5) is 13.2 Å². The number of allylic oxidation sites excluding steroid dienone is 3. The lowest BCUT2D eigenvalue weighted by Gasteiger charge is -2.08. The Morgan fingerprint density at radius 2 is 1.93 bits per heavy atom. The second kappa shape index (κ2) is 5.80. The molecule has 0 spiro atoms. The molecule has 0 radical (unpaired) electrons. The molecule has 1 nitrogen and oxygen atoms in total. The molecular weight excluding hydrogens is 213 g/mol. The summed E-state index contributed by atoms with van der Waals surface area (Å²) in [6.45, 7) is 5.05. The van der Waals surface area contributed by atoms with Crippen molar-refractivity contribution in [2.45, 2.75) is 13.3 Å². The normalized spacial score (nSPS) is 13.4. The van der Waals surface area contributed by atoms with E-state index in [-0.39, 0.29) is 5.76 Å². The van der Waals surface area contributed by atoms with Crippen LogP contribution in [0.1, 0.15) is 6.92 Å². The first kappa shape index (κ1) is 13.2. The van der Waals surface area contributed by atoms with Crippen molar-refractivity contribution in [2.24, 2.45) is 0 Å². The summed E-state index contributed by atoms with van der Waals surface area (Å²) < 4.78 is 39.0. The summed E-state index contributed by atoms with van der Waals surface area (Å²) in [6, 6.07) is 0. The van der Waals surface area contributed by atoms with Gasteiger partial charge in [0, 0.05) is 0 Å². The quantitative estimate of drug-likeness (QED) is 0.529. The molecule has 0 atom stereocenters. The van der Waals surface area contributed by atoms with Crippen LogP contribution in [0, 0.1) is 0 Å². The minimum absolute atomic E-state index is 0.243. The van der Waals surface area contributed by atoms with E-state index >= 15 is 0 Å². The average Bonchev–Trinajstić information content (AvgIpc) is 2.09. The Labute approximate surface area is 85.3 Å². The number of thioether (sulfide) groups is 1. The van der Waals surface area contributed by atoms with E-state index in [4.69, 9.17) is 0 Å². The highest BCUT2D eigenvalue weighted by Gasteiger charge is 2.31. The van der Waals surface area contributed by atoms with Crippen molar-refractivity contribution in [3.05, 3.63) is 35.5 Å². The Hall–Kier alpha value is -0.840. The lowest BCUT2D eigenvalue weighted by Crippen LogP contribution is -2.11. The molecule has 0 aliphatic heterocycles. The maximum atomic E-state index is 11.8. The smallest absolute Gasteiger partial charge is 0.406 e. The number of ether oxygens (including phenoxy) is 1. The lowest BCUT2D eigenvalue weighted by atomic mass is 10.4. The van der Waals surface area contributed by atoms with Crippen LogP contribution in [0.25, 0.3) is 0 Å². The van der Waals surface area contributed by atoms with E-state index in [1.807, 2.05) is 0 Å². The van der Waals surface area contributed by atoms with Crippen molar-refractivity contribution in [3.63, 3.8) is 0 Å². The van der Waals surface area contributed by atoms with Crippen LogP contribution in [0.15, 0.2) is 35.5 Å². The van der Waals surface area contributed by atoms with Crippen molar-refractivity contribution >= 4 is 11.8 Å². The maximum Gasteiger partial charge on any atom is 0.573 e. The van der Waals surface area contributed by atoms with Crippen LogP contribution in [0.5, 0.6) is 0 Å². The van der Waals surface area contributed by atoms with Crippen LogP contribution >= 0.6 is 11.8 Å². The molecule has 0 saturated heterocycles. The monoisotopic (exact) mass is 224 g/mol. The predicted molar refractivity (Wildman–Crippen MR) is 52.7 cm³/mol. The fraction of sp³-hybridized carbons (Fsp3) is 0.333. The SMILES string of the molecule is C=C(/C=C\C(=C/C)OC(F)(F)F)SC. The van der Waals surface area contributed by atoms with Gasteiger partial charge in [-0.2, -0.15) is 0 Å². The van der Waals surface area contributed by atoms with Gasteiger partial charge in [0.25, 0.3) is 0 Å². The molecule has 0 aromatic carbocycles. The van der Waals surface area contributed by atoms with Crippen LogP contribution in [0.2, 0.25) is 0 Å². The third-order valence-electron chi connectivity index (χ3n) is 1.21. The first-order chi connectivity index (χ1) is 6.39. The van der Waals surface area contributed by atoms with E-state index in [2.05, 4.69) is 11.3 Å². The number of hydrogen-bond donors (Lipinski definition) is 0. The highest BCUT2D eigenvalue weighted by atomic mass is 32.2. The minimum Gasteiger partial charge on any atom is -0.406 e. The van der Waals surface area contributed by atoms with Crippen LogP contribution in [0.3, 0.4) is 0 Å².